The average Bonchev–Trinajstić information content (AvgIpc) is 2.52. The first-order chi connectivity index (χ1) is 5.81. The Labute approximate surface area is 88.6 Å². The highest BCUT2D eigenvalue weighted by molar-refractivity contribution is 6.33. The van der Waals surface area contributed by atoms with Gasteiger partial charge in [0, 0.05) is 12.6 Å². The number of nitrogens with one attached hydrogen (secondary N) is 1. The van der Waals surface area contributed by atoms with Crippen LogP contribution in [-0.2, 0) is 6.42 Å². The first kappa shape index (κ1) is 10.5. The molecule has 2 nitrogen and oxygen atoms in total. The van der Waals surface area contributed by atoms with Gasteiger partial charge in [-0.3, -0.25) is 0 Å². The highest BCUT2D eigenvalue weighted by Crippen LogP contribution is 2.34. The van der Waals surface area contributed by atoms with Gasteiger partial charge in [-0.05, 0) is 18.1 Å². The van der Waals surface area contributed by atoms with Crippen molar-refractivity contribution in [2.24, 2.45) is 0 Å². The van der Waals surface area contributed by atoms with Crippen molar-refractivity contribution in [2.45, 2.75) is 6.42 Å². The second-order valence-electron chi connectivity index (χ2n) is 2.82. The molecule has 0 amide bonds. The van der Waals surface area contributed by atoms with Gasteiger partial charge in [0.2, 0.25) is 0 Å². The predicted molar refractivity (Wildman–Crippen MR) is 57.4 cm³/mol. The first-order valence-electron chi connectivity index (χ1n) is 3.91. The van der Waals surface area contributed by atoms with E-state index >= 15 is 0 Å². The summed E-state index contributed by atoms with van der Waals surface area (Å²) >= 11 is 6.01. The van der Waals surface area contributed by atoms with Gasteiger partial charge in [-0.25, -0.2) is 0 Å². The Morgan fingerprint density at radius 3 is 2.92 bits per heavy atom. The maximum Gasteiger partial charge on any atom is 0.120 e. The Morgan fingerprint density at radius 2 is 2.23 bits per heavy atom. The van der Waals surface area contributed by atoms with Crippen molar-refractivity contribution >= 4 is 29.7 Å². The monoisotopic (exact) mass is 219 g/mol. The summed E-state index contributed by atoms with van der Waals surface area (Å²) in [5.74, 6) is 0.836. The summed E-state index contributed by atoms with van der Waals surface area (Å²) in [6.45, 7) is 0.974. The van der Waals surface area contributed by atoms with E-state index in [4.69, 9.17) is 16.3 Å². The fraction of sp³-hybridized carbons (Fsp3) is 0.333. The average molecular weight is 220 g/mol. The second-order valence-corrected chi connectivity index (χ2v) is 3.23. The summed E-state index contributed by atoms with van der Waals surface area (Å²) in [4.78, 5) is 0. The molecular weight excluding hydrogens is 209 g/mol. The summed E-state index contributed by atoms with van der Waals surface area (Å²) in [6.07, 6.45) is 1.03. The summed E-state index contributed by atoms with van der Waals surface area (Å²) in [5, 5.41) is 3.98. The molecule has 1 N–H and O–H groups in total. The van der Waals surface area contributed by atoms with E-state index in [0.29, 0.717) is 0 Å². The molecule has 1 heterocycles. The third kappa shape index (κ3) is 1.84. The smallest absolute Gasteiger partial charge is 0.120 e. The lowest BCUT2D eigenvalue weighted by molar-refractivity contribution is 0.414. The lowest BCUT2D eigenvalue weighted by Gasteiger charge is -2.05. The van der Waals surface area contributed by atoms with E-state index in [1.807, 2.05) is 12.1 Å². The topological polar surface area (TPSA) is 21.3 Å². The Bertz CT molecular complexity index is 315. The number of benzene rings is 1. The number of methoxy groups -OCH3 is 1. The van der Waals surface area contributed by atoms with Crippen molar-refractivity contribution in [2.75, 3.05) is 19.0 Å². The Morgan fingerprint density at radius 1 is 1.46 bits per heavy atom. The molecule has 0 radical (unpaired) electrons. The SMILES string of the molecule is COc1cc(Cl)c2c(c1)CCN2.Cl. The molecule has 1 aliphatic heterocycles. The summed E-state index contributed by atoms with van der Waals surface area (Å²) < 4.78 is 5.11. The normalized spacial score (nSPS) is 12.8. The van der Waals surface area contributed by atoms with Gasteiger partial charge in [0.05, 0.1) is 17.8 Å². The van der Waals surface area contributed by atoms with Crippen LogP contribution >= 0.6 is 24.0 Å². The van der Waals surface area contributed by atoms with E-state index in [-0.39, 0.29) is 12.4 Å². The largest absolute Gasteiger partial charge is 0.497 e. The minimum Gasteiger partial charge on any atom is -0.497 e. The number of anilines is 1. The van der Waals surface area contributed by atoms with Crippen LogP contribution in [0.2, 0.25) is 5.02 Å². The van der Waals surface area contributed by atoms with E-state index in [2.05, 4.69) is 5.32 Å². The van der Waals surface area contributed by atoms with Crippen LogP contribution in [0.1, 0.15) is 5.56 Å². The van der Waals surface area contributed by atoms with Gasteiger partial charge in [-0.15, -0.1) is 12.4 Å². The van der Waals surface area contributed by atoms with Crippen molar-refractivity contribution in [3.05, 3.63) is 22.7 Å². The van der Waals surface area contributed by atoms with Crippen molar-refractivity contribution in [3.8, 4) is 5.75 Å². The van der Waals surface area contributed by atoms with E-state index in [9.17, 15) is 0 Å². The van der Waals surface area contributed by atoms with Crippen LogP contribution < -0.4 is 10.1 Å². The molecule has 1 aromatic carbocycles. The van der Waals surface area contributed by atoms with Crippen molar-refractivity contribution < 1.29 is 4.74 Å². The third-order valence-corrected chi connectivity index (χ3v) is 2.38. The standard InChI is InChI=1S/C9H10ClNO.ClH/c1-12-7-4-6-2-3-11-9(6)8(10)5-7;/h4-5,11H,2-3H2,1H3;1H. The Hall–Kier alpha value is -0.600. The number of hydrogen-bond acceptors (Lipinski definition) is 2. The Balaban J connectivity index is 0.000000845. The molecule has 0 aromatic heterocycles. The zero-order valence-electron chi connectivity index (χ0n) is 7.26. The number of ether oxygens (including phenoxy) is 1. The van der Waals surface area contributed by atoms with Crippen LogP contribution in [0.3, 0.4) is 0 Å². The predicted octanol–water partition coefficient (Wildman–Crippen LogP) is 2.74. The minimum absolute atomic E-state index is 0. The van der Waals surface area contributed by atoms with E-state index in [1.54, 1.807) is 7.11 Å². The van der Waals surface area contributed by atoms with Crippen molar-refractivity contribution in [1.29, 1.82) is 0 Å². The van der Waals surface area contributed by atoms with Crippen LogP contribution in [0.25, 0.3) is 0 Å². The molecule has 1 aliphatic rings. The molecule has 72 valence electrons. The molecule has 0 unspecified atom stereocenters. The van der Waals surface area contributed by atoms with Crippen LogP contribution in [0, 0.1) is 0 Å². The van der Waals surface area contributed by atoms with Crippen LogP contribution in [-0.4, -0.2) is 13.7 Å². The minimum atomic E-state index is 0. The number of halogens is 2. The zero-order valence-corrected chi connectivity index (χ0v) is 8.84. The van der Waals surface area contributed by atoms with E-state index in [1.165, 1.54) is 5.56 Å². The second kappa shape index (κ2) is 4.07. The van der Waals surface area contributed by atoms with Crippen LogP contribution in [0.15, 0.2) is 12.1 Å². The Kier molecular flexibility index (Phi) is 3.28. The van der Waals surface area contributed by atoms with Gasteiger partial charge >= 0.3 is 0 Å². The first-order valence-corrected chi connectivity index (χ1v) is 4.29. The van der Waals surface area contributed by atoms with Crippen LogP contribution in [0.4, 0.5) is 5.69 Å². The summed E-state index contributed by atoms with van der Waals surface area (Å²) in [6, 6.07) is 3.86. The van der Waals surface area contributed by atoms with Gasteiger partial charge in [0.25, 0.3) is 0 Å². The quantitative estimate of drug-likeness (QED) is 0.785. The molecule has 0 atom stereocenters. The molecule has 0 aliphatic carbocycles. The van der Waals surface area contributed by atoms with E-state index < -0.39 is 0 Å². The number of rotatable bonds is 1. The van der Waals surface area contributed by atoms with Gasteiger partial charge in [-0.2, -0.15) is 0 Å². The van der Waals surface area contributed by atoms with Gasteiger partial charge in [-0.1, -0.05) is 11.6 Å². The highest BCUT2D eigenvalue weighted by Gasteiger charge is 2.14. The maximum atomic E-state index is 6.01. The number of hydrogen-bond donors (Lipinski definition) is 1. The van der Waals surface area contributed by atoms with Crippen LogP contribution in [0.5, 0.6) is 5.75 Å². The van der Waals surface area contributed by atoms with Gasteiger partial charge in [0.15, 0.2) is 0 Å². The lowest BCUT2D eigenvalue weighted by Crippen LogP contribution is -1.91. The fourth-order valence-corrected chi connectivity index (χ4v) is 1.77. The zero-order chi connectivity index (χ0) is 8.55. The molecule has 0 saturated heterocycles. The van der Waals surface area contributed by atoms with Crippen molar-refractivity contribution in [3.63, 3.8) is 0 Å². The molecule has 0 saturated carbocycles. The van der Waals surface area contributed by atoms with E-state index in [0.717, 1.165) is 29.4 Å². The molecule has 0 bridgehead atoms. The van der Waals surface area contributed by atoms with Crippen molar-refractivity contribution in [1.82, 2.24) is 0 Å². The molecule has 4 heteroatoms. The molecule has 13 heavy (non-hydrogen) atoms. The molecule has 1 aromatic rings. The highest BCUT2D eigenvalue weighted by atomic mass is 35.5. The molecule has 2 rings (SSSR count). The molecular formula is C9H11Cl2NO. The summed E-state index contributed by atoms with van der Waals surface area (Å²) in [7, 11) is 1.65. The van der Waals surface area contributed by atoms with Gasteiger partial charge in [0.1, 0.15) is 5.75 Å². The number of fused-ring (bicyclic) bond motifs is 1. The fourth-order valence-electron chi connectivity index (χ4n) is 1.47. The molecule has 0 spiro atoms. The third-order valence-electron chi connectivity index (χ3n) is 2.08. The molecule has 0 fully saturated rings. The summed E-state index contributed by atoms with van der Waals surface area (Å²) in [5.41, 5.74) is 2.32. The van der Waals surface area contributed by atoms with Gasteiger partial charge < -0.3 is 10.1 Å². The maximum absolute atomic E-state index is 6.01. The lowest BCUT2D eigenvalue weighted by atomic mass is 10.1.